The van der Waals surface area contributed by atoms with E-state index in [1.54, 1.807) is 13.0 Å². The Morgan fingerprint density at radius 1 is 1.38 bits per heavy atom. The van der Waals surface area contributed by atoms with Crippen LogP contribution in [0.15, 0.2) is 35.1 Å². The first-order valence-electron chi connectivity index (χ1n) is 6.58. The van der Waals surface area contributed by atoms with Crippen molar-refractivity contribution in [3.8, 4) is 0 Å². The first-order chi connectivity index (χ1) is 10.1. The molecule has 1 aromatic carbocycles. The van der Waals surface area contributed by atoms with Gasteiger partial charge < -0.3 is 10.6 Å². The van der Waals surface area contributed by atoms with Gasteiger partial charge in [-0.25, -0.2) is 19.3 Å². The number of hydrogen-bond acceptors (Lipinski definition) is 5. The molecule has 0 aliphatic heterocycles. The number of anilines is 2. The van der Waals surface area contributed by atoms with Gasteiger partial charge in [-0.2, -0.15) is 5.10 Å². The maximum atomic E-state index is 11.6. The molecule has 2 aromatic heterocycles. The molecule has 0 bridgehead atoms. The van der Waals surface area contributed by atoms with Crippen LogP contribution in [0.4, 0.5) is 11.5 Å². The highest BCUT2D eigenvalue weighted by molar-refractivity contribution is 5.65. The number of hydrogen-bond donors (Lipinski definition) is 2. The van der Waals surface area contributed by atoms with E-state index in [2.05, 4.69) is 15.2 Å². The van der Waals surface area contributed by atoms with Gasteiger partial charge in [0.15, 0.2) is 5.65 Å². The Hall–Kier alpha value is -2.67. The summed E-state index contributed by atoms with van der Waals surface area (Å²) in [6.07, 6.45) is 0. The summed E-state index contributed by atoms with van der Waals surface area (Å²) in [6, 6.07) is 9.64. The monoisotopic (exact) mass is 284 g/mol. The molecule has 7 heteroatoms. The van der Waals surface area contributed by atoms with Crippen LogP contribution in [-0.2, 0) is 6.54 Å². The Morgan fingerprint density at radius 3 is 2.90 bits per heavy atom. The molecule has 7 nitrogen and oxygen atoms in total. The fourth-order valence-electron chi connectivity index (χ4n) is 2.39. The lowest BCUT2D eigenvalue weighted by Crippen LogP contribution is -2.18. The minimum atomic E-state index is -0.286. The number of H-pyrrole nitrogens is 1. The Morgan fingerprint density at radius 2 is 2.14 bits per heavy atom. The average Bonchev–Trinajstić information content (AvgIpc) is 2.88. The zero-order valence-electron chi connectivity index (χ0n) is 11.9. The first-order valence-corrected chi connectivity index (χ1v) is 6.58. The van der Waals surface area contributed by atoms with Crippen molar-refractivity contribution in [1.82, 2.24) is 19.6 Å². The van der Waals surface area contributed by atoms with Gasteiger partial charge in [-0.05, 0) is 18.6 Å². The lowest BCUT2D eigenvalue weighted by atomic mass is 10.1. The van der Waals surface area contributed by atoms with E-state index in [0.717, 1.165) is 11.3 Å². The van der Waals surface area contributed by atoms with Gasteiger partial charge in [-0.1, -0.05) is 18.2 Å². The van der Waals surface area contributed by atoms with Crippen LogP contribution in [0.5, 0.6) is 0 Å². The second-order valence-electron chi connectivity index (χ2n) is 4.78. The van der Waals surface area contributed by atoms with Gasteiger partial charge in [-0.15, -0.1) is 0 Å². The Kier molecular flexibility index (Phi) is 3.19. The van der Waals surface area contributed by atoms with Gasteiger partial charge in [-0.3, -0.25) is 0 Å². The number of fused-ring (bicyclic) bond motifs is 1. The predicted molar refractivity (Wildman–Crippen MR) is 80.7 cm³/mol. The maximum absolute atomic E-state index is 11.6. The Balaban J connectivity index is 2.13. The summed E-state index contributed by atoms with van der Waals surface area (Å²) in [6.45, 7) is 2.22. The average molecular weight is 284 g/mol. The summed E-state index contributed by atoms with van der Waals surface area (Å²) in [5, 5.41) is 6.42. The zero-order chi connectivity index (χ0) is 15.0. The van der Waals surface area contributed by atoms with E-state index < -0.39 is 0 Å². The smallest absolute Gasteiger partial charge is 0.329 e. The third kappa shape index (κ3) is 2.17. The predicted octanol–water partition coefficient (Wildman–Crippen LogP) is 0.953. The van der Waals surface area contributed by atoms with Crippen molar-refractivity contribution in [2.75, 3.05) is 11.9 Å². The maximum Gasteiger partial charge on any atom is 0.349 e. The topological polar surface area (TPSA) is 92.3 Å². The molecule has 0 aliphatic carbocycles. The quantitative estimate of drug-likeness (QED) is 0.747. The minimum Gasteiger partial charge on any atom is -0.329 e. The molecule has 3 N–H and O–H groups in total. The lowest BCUT2D eigenvalue weighted by molar-refractivity contribution is 0.923. The van der Waals surface area contributed by atoms with Gasteiger partial charge in [0.1, 0.15) is 11.6 Å². The van der Waals surface area contributed by atoms with Crippen LogP contribution in [0.2, 0.25) is 0 Å². The van der Waals surface area contributed by atoms with E-state index >= 15 is 0 Å². The van der Waals surface area contributed by atoms with E-state index in [1.807, 2.05) is 36.2 Å². The second-order valence-corrected chi connectivity index (χ2v) is 4.78. The Bertz CT molecular complexity index is 850. The molecule has 0 radical (unpaired) electrons. The molecule has 0 atom stereocenters. The number of rotatable bonds is 3. The summed E-state index contributed by atoms with van der Waals surface area (Å²) in [4.78, 5) is 18.0. The fourth-order valence-corrected chi connectivity index (χ4v) is 2.39. The highest BCUT2D eigenvalue weighted by Crippen LogP contribution is 2.25. The molecule has 0 amide bonds. The minimum absolute atomic E-state index is 0.286. The van der Waals surface area contributed by atoms with Gasteiger partial charge in [0.2, 0.25) is 0 Å². The third-order valence-electron chi connectivity index (χ3n) is 3.47. The van der Waals surface area contributed by atoms with Gasteiger partial charge in [0.05, 0.1) is 0 Å². The number of benzene rings is 1. The van der Waals surface area contributed by atoms with Crippen LogP contribution in [0.25, 0.3) is 5.65 Å². The first kappa shape index (κ1) is 13.3. The number of nitrogens with zero attached hydrogens (tertiary/aromatic N) is 4. The van der Waals surface area contributed by atoms with Crippen LogP contribution in [0.3, 0.4) is 0 Å². The van der Waals surface area contributed by atoms with E-state index in [-0.39, 0.29) is 5.69 Å². The molecule has 3 aromatic rings. The van der Waals surface area contributed by atoms with Crippen molar-refractivity contribution in [1.29, 1.82) is 0 Å². The molecule has 2 heterocycles. The summed E-state index contributed by atoms with van der Waals surface area (Å²) in [5.74, 6) is 1.29. The molecule has 0 unspecified atom stereocenters. The van der Waals surface area contributed by atoms with Crippen molar-refractivity contribution in [2.24, 2.45) is 5.73 Å². The lowest BCUT2D eigenvalue weighted by Gasteiger charge is -2.21. The van der Waals surface area contributed by atoms with Crippen molar-refractivity contribution >= 4 is 17.2 Å². The number of aromatic amines is 1. The van der Waals surface area contributed by atoms with Gasteiger partial charge >= 0.3 is 5.69 Å². The number of aryl methyl sites for hydroxylation is 1. The van der Waals surface area contributed by atoms with E-state index in [4.69, 9.17) is 5.73 Å². The summed E-state index contributed by atoms with van der Waals surface area (Å²) in [5.41, 5.74) is 8.04. The Labute approximate surface area is 121 Å². The van der Waals surface area contributed by atoms with Crippen LogP contribution < -0.4 is 16.3 Å². The van der Waals surface area contributed by atoms with E-state index in [1.165, 1.54) is 4.40 Å². The van der Waals surface area contributed by atoms with Crippen LogP contribution in [0.1, 0.15) is 11.4 Å². The van der Waals surface area contributed by atoms with Crippen molar-refractivity contribution in [3.63, 3.8) is 0 Å². The summed E-state index contributed by atoms with van der Waals surface area (Å²) < 4.78 is 1.44. The molecule has 0 fully saturated rings. The van der Waals surface area contributed by atoms with Gasteiger partial charge in [0, 0.05) is 25.3 Å². The molecule has 0 saturated heterocycles. The normalized spacial score (nSPS) is 11.0. The molecular formula is C14H16N6O. The number of aromatic nitrogens is 4. The zero-order valence-corrected chi connectivity index (χ0v) is 11.9. The molecule has 3 rings (SSSR count). The summed E-state index contributed by atoms with van der Waals surface area (Å²) in [7, 11) is 1.91. The number of nitrogens with one attached hydrogen (secondary N) is 1. The van der Waals surface area contributed by atoms with Crippen LogP contribution in [-0.4, -0.2) is 26.6 Å². The third-order valence-corrected chi connectivity index (χ3v) is 3.47. The highest BCUT2D eigenvalue weighted by atomic mass is 16.1. The van der Waals surface area contributed by atoms with Crippen molar-refractivity contribution < 1.29 is 0 Å². The van der Waals surface area contributed by atoms with E-state index in [0.29, 0.717) is 23.8 Å². The van der Waals surface area contributed by atoms with Crippen LogP contribution >= 0.6 is 0 Å². The molecule has 0 saturated carbocycles. The van der Waals surface area contributed by atoms with Crippen LogP contribution in [0, 0.1) is 6.92 Å². The fraction of sp³-hybridized carbons (Fsp3) is 0.214. The molecule has 21 heavy (non-hydrogen) atoms. The highest BCUT2D eigenvalue weighted by Gasteiger charge is 2.13. The standard InChI is InChI=1S/C14H16N6O/c1-9-16-12(7-13-17-18-14(21)20(9)13)19(2)11-6-4-3-5-10(11)8-15/h3-7H,8,15H2,1-2H3,(H,18,21). The van der Waals surface area contributed by atoms with Crippen molar-refractivity contribution in [3.05, 3.63) is 52.2 Å². The second kappa shape index (κ2) is 5.02. The molecular weight excluding hydrogens is 268 g/mol. The van der Waals surface area contributed by atoms with Crippen molar-refractivity contribution in [2.45, 2.75) is 13.5 Å². The van der Waals surface area contributed by atoms with E-state index in [9.17, 15) is 4.79 Å². The van der Waals surface area contributed by atoms with Gasteiger partial charge in [0.25, 0.3) is 0 Å². The molecule has 0 spiro atoms. The number of nitrogens with two attached hydrogens (primary N) is 1. The SMILES string of the molecule is Cc1nc(N(C)c2ccccc2CN)cc2n[nH]c(=O)n12. The molecule has 0 aliphatic rings. The largest absolute Gasteiger partial charge is 0.349 e. The molecule has 108 valence electrons. The summed E-state index contributed by atoms with van der Waals surface area (Å²) >= 11 is 0. The number of para-hydroxylation sites is 1.